The topological polar surface area (TPSA) is 47.6 Å². The fourth-order valence-electron chi connectivity index (χ4n) is 5.75. The first-order chi connectivity index (χ1) is 16.2. The molecule has 1 saturated carbocycles. The molecule has 0 spiro atoms. The minimum Gasteiger partial charge on any atom is -0.371 e. The zero-order valence-electron chi connectivity index (χ0n) is 19.7. The van der Waals surface area contributed by atoms with Crippen LogP contribution in [-0.2, 0) is 6.54 Å². The van der Waals surface area contributed by atoms with Crippen molar-refractivity contribution in [2.24, 2.45) is 0 Å². The van der Waals surface area contributed by atoms with Gasteiger partial charge in [-0.2, -0.15) is 0 Å². The molecule has 1 unspecified atom stereocenters. The summed E-state index contributed by atoms with van der Waals surface area (Å²) in [6.07, 6.45) is 8.33. The van der Waals surface area contributed by atoms with E-state index in [2.05, 4.69) is 62.9 Å². The predicted octanol–water partition coefficient (Wildman–Crippen LogP) is 4.19. The summed E-state index contributed by atoms with van der Waals surface area (Å²) in [5.74, 6) is 0.0780. The van der Waals surface area contributed by atoms with Crippen LogP contribution in [0.15, 0.2) is 54.6 Å². The molecule has 5 rings (SSSR count). The van der Waals surface area contributed by atoms with Crippen LogP contribution in [0.2, 0.25) is 0 Å². The summed E-state index contributed by atoms with van der Waals surface area (Å²) in [5.41, 5.74) is 3.43. The predicted molar refractivity (Wildman–Crippen MR) is 135 cm³/mol. The van der Waals surface area contributed by atoms with E-state index >= 15 is 0 Å². The third-order valence-electron chi connectivity index (χ3n) is 7.67. The van der Waals surface area contributed by atoms with Crippen LogP contribution >= 0.6 is 0 Å². The van der Waals surface area contributed by atoms with Crippen molar-refractivity contribution < 1.29 is 4.79 Å². The number of likely N-dealkylation sites (tertiary alicyclic amines) is 1. The zero-order chi connectivity index (χ0) is 22.5. The average Bonchev–Trinajstić information content (AvgIpc) is 3.52. The molecule has 0 aromatic heterocycles. The molecule has 2 saturated heterocycles. The molecule has 5 nitrogen and oxygen atoms in total. The lowest BCUT2D eigenvalue weighted by molar-refractivity contribution is 0.0938. The summed E-state index contributed by atoms with van der Waals surface area (Å²) in [6, 6.07) is 20.6. The Bertz CT molecular complexity index is 886. The van der Waals surface area contributed by atoms with Crippen molar-refractivity contribution >= 4 is 11.6 Å². The van der Waals surface area contributed by atoms with Crippen LogP contribution in [0, 0.1) is 0 Å². The summed E-state index contributed by atoms with van der Waals surface area (Å²) in [4.78, 5) is 17.5. The van der Waals surface area contributed by atoms with Gasteiger partial charge in [0.1, 0.15) is 0 Å². The Kier molecular flexibility index (Phi) is 7.27. The monoisotopic (exact) mass is 446 g/mol. The summed E-state index contributed by atoms with van der Waals surface area (Å²) >= 11 is 0. The average molecular weight is 447 g/mol. The van der Waals surface area contributed by atoms with Crippen LogP contribution in [0.5, 0.6) is 0 Å². The van der Waals surface area contributed by atoms with Gasteiger partial charge < -0.3 is 15.5 Å². The first kappa shape index (κ1) is 22.4. The number of hydrogen-bond donors (Lipinski definition) is 2. The van der Waals surface area contributed by atoms with E-state index in [9.17, 15) is 4.79 Å². The highest BCUT2D eigenvalue weighted by Gasteiger charge is 2.27. The second kappa shape index (κ2) is 10.7. The third-order valence-corrected chi connectivity index (χ3v) is 7.67. The zero-order valence-corrected chi connectivity index (χ0v) is 19.7. The van der Waals surface area contributed by atoms with Gasteiger partial charge in [-0.15, -0.1) is 0 Å². The van der Waals surface area contributed by atoms with Gasteiger partial charge in [-0.05, 0) is 61.9 Å². The van der Waals surface area contributed by atoms with Crippen LogP contribution < -0.4 is 15.5 Å². The van der Waals surface area contributed by atoms with Crippen molar-refractivity contribution in [2.45, 2.75) is 69.6 Å². The fourth-order valence-corrected chi connectivity index (χ4v) is 5.75. The lowest BCUT2D eigenvalue weighted by Crippen LogP contribution is -2.47. The molecule has 2 aliphatic heterocycles. The highest BCUT2D eigenvalue weighted by Crippen LogP contribution is 2.23. The van der Waals surface area contributed by atoms with Gasteiger partial charge in [0.25, 0.3) is 5.91 Å². The molecule has 2 aromatic rings. The van der Waals surface area contributed by atoms with E-state index in [0.717, 1.165) is 44.6 Å². The van der Waals surface area contributed by atoms with Crippen molar-refractivity contribution in [3.8, 4) is 0 Å². The highest BCUT2D eigenvalue weighted by molar-refractivity contribution is 5.94. The molecule has 1 atom stereocenters. The molecule has 2 aromatic carbocycles. The van der Waals surface area contributed by atoms with E-state index < -0.39 is 0 Å². The van der Waals surface area contributed by atoms with Gasteiger partial charge in [0, 0.05) is 62.1 Å². The molecule has 0 radical (unpaired) electrons. The van der Waals surface area contributed by atoms with Gasteiger partial charge in [-0.25, -0.2) is 0 Å². The van der Waals surface area contributed by atoms with Crippen molar-refractivity contribution in [1.82, 2.24) is 15.5 Å². The SMILES string of the molecule is O=C(NC1CCCC1)c1ccc(N2CCC(NC3CCN(Cc4ccccc4)C3)CC2)cc1. The summed E-state index contributed by atoms with van der Waals surface area (Å²) in [6.45, 7) is 5.55. The molecule has 33 heavy (non-hydrogen) atoms. The Morgan fingerprint density at radius 3 is 2.21 bits per heavy atom. The van der Waals surface area contributed by atoms with Crippen molar-refractivity contribution in [2.75, 3.05) is 31.1 Å². The summed E-state index contributed by atoms with van der Waals surface area (Å²) in [7, 11) is 0. The van der Waals surface area contributed by atoms with Gasteiger partial charge in [0.05, 0.1) is 0 Å². The lowest BCUT2D eigenvalue weighted by Gasteiger charge is -2.35. The number of nitrogens with one attached hydrogen (secondary N) is 2. The molecule has 3 fully saturated rings. The van der Waals surface area contributed by atoms with Crippen molar-refractivity contribution in [3.63, 3.8) is 0 Å². The van der Waals surface area contributed by atoms with Crippen molar-refractivity contribution in [1.29, 1.82) is 0 Å². The maximum Gasteiger partial charge on any atom is 0.251 e. The van der Waals surface area contributed by atoms with Crippen LogP contribution in [0.25, 0.3) is 0 Å². The van der Waals surface area contributed by atoms with Gasteiger partial charge in [0.15, 0.2) is 0 Å². The van der Waals surface area contributed by atoms with E-state index in [1.165, 1.54) is 49.9 Å². The smallest absolute Gasteiger partial charge is 0.251 e. The number of nitrogens with zero attached hydrogens (tertiary/aromatic N) is 2. The molecule has 5 heteroatoms. The van der Waals surface area contributed by atoms with E-state index in [0.29, 0.717) is 18.1 Å². The summed E-state index contributed by atoms with van der Waals surface area (Å²) < 4.78 is 0. The molecule has 3 aliphatic rings. The maximum absolute atomic E-state index is 12.5. The Morgan fingerprint density at radius 1 is 0.788 bits per heavy atom. The Hall–Kier alpha value is -2.37. The van der Waals surface area contributed by atoms with Crippen LogP contribution in [0.1, 0.15) is 60.9 Å². The fraction of sp³-hybridized carbons (Fsp3) is 0.536. The second-order valence-corrected chi connectivity index (χ2v) is 10.1. The van der Waals surface area contributed by atoms with E-state index in [4.69, 9.17) is 0 Å². The van der Waals surface area contributed by atoms with E-state index in [1.54, 1.807) is 0 Å². The number of piperidine rings is 1. The van der Waals surface area contributed by atoms with Gasteiger partial charge in [-0.3, -0.25) is 9.69 Å². The van der Waals surface area contributed by atoms with Crippen LogP contribution in [0.4, 0.5) is 5.69 Å². The Balaban J connectivity index is 1.05. The summed E-state index contributed by atoms with van der Waals surface area (Å²) in [5, 5.41) is 7.13. The van der Waals surface area contributed by atoms with Crippen LogP contribution in [0.3, 0.4) is 0 Å². The molecule has 1 aliphatic carbocycles. The number of anilines is 1. The quantitative estimate of drug-likeness (QED) is 0.670. The lowest BCUT2D eigenvalue weighted by atomic mass is 10.0. The maximum atomic E-state index is 12.5. The van der Waals surface area contributed by atoms with Gasteiger partial charge in [-0.1, -0.05) is 43.2 Å². The normalized spacial score (nSPS) is 22.7. The number of rotatable bonds is 7. The van der Waals surface area contributed by atoms with Crippen molar-refractivity contribution in [3.05, 3.63) is 65.7 Å². The molecular weight excluding hydrogens is 408 g/mol. The largest absolute Gasteiger partial charge is 0.371 e. The number of carbonyl (C=O) groups is 1. The molecular formula is C28H38N4O. The van der Waals surface area contributed by atoms with Gasteiger partial charge >= 0.3 is 0 Å². The Labute approximate surface area is 198 Å². The molecule has 2 heterocycles. The minimum absolute atomic E-state index is 0.0780. The number of hydrogen-bond acceptors (Lipinski definition) is 4. The van der Waals surface area contributed by atoms with Gasteiger partial charge in [0.2, 0.25) is 0 Å². The molecule has 176 valence electrons. The highest BCUT2D eigenvalue weighted by atomic mass is 16.1. The second-order valence-electron chi connectivity index (χ2n) is 10.1. The number of carbonyl (C=O) groups excluding carboxylic acids is 1. The Morgan fingerprint density at radius 2 is 1.48 bits per heavy atom. The standard InChI is InChI=1S/C28H38N4O/c33-28(30-24-8-4-5-9-24)23-10-12-27(13-11-23)32-18-15-25(16-19-32)29-26-14-17-31(21-26)20-22-6-2-1-3-7-22/h1-3,6-7,10-13,24-26,29H,4-5,8-9,14-21H2,(H,30,33). The number of amides is 1. The third kappa shape index (κ3) is 5.96. The molecule has 0 bridgehead atoms. The first-order valence-corrected chi connectivity index (χ1v) is 12.9. The molecule has 1 amide bonds. The number of benzene rings is 2. The first-order valence-electron chi connectivity index (χ1n) is 12.9. The van der Waals surface area contributed by atoms with E-state index in [-0.39, 0.29) is 5.91 Å². The minimum atomic E-state index is 0.0780. The van der Waals surface area contributed by atoms with E-state index in [1.807, 2.05) is 12.1 Å². The molecule has 2 N–H and O–H groups in total. The van der Waals surface area contributed by atoms with Crippen LogP contribution in [-0.4, -0.2) is 55.1 Å².